The quantitative estimate of drug-likeness (QED) is 0.648. The fourth-order valence-electron chi connectivity index (χ4n) is 1.34. The van der Waals surface area contributed by atoms with Gasteiger partial charge in [-0.3, -0.25) is 10.1 Å². The van der Waals surface area contributed by atoms with E-state index in [0.29, 0.717) is 16.4 Å². The molecule has 0 atom stereocenters. The lowest BCUT2D eigenvalue weighted by Gasteiger charge is -2.04. The number of aryl methyl sites for hydroxylation is 1. The summed E-state index contributed by atoms with van der Waals surface area (Å²) in [6.45, 7) is 1.39. The number of hydrogen-bond donors (Lipinski definition) is 2. The normalized spacial score (nSPS) is 10.1. The Balaban J connectivity index is 1.84. The molecule has 0 radical (unpaired) electrons. The van der Waals surface area contributed by atoms with E-state index in [0.717, 1.165) is 5.01 Å². The Morgan fingerprint density at radius 1 is 1.30 bits per heavy atom. The molecule has 0 saturated carbocycles. The van der Waals surface area contributed by atoms with Crippen LogP contribution in [0.3, 0.4) is 0 Å². The minimum absolute atomic E-state index is 0.332. The number of anilines is 2. The first-order chi connectivity index (χ1) is 9.54. The molecule has 2 aromatic rings. The summed E-state index contributed by atoms with van der Waals surface area (Å²) < 4.78 is 4.87. The molecule has 7 nitrogen and oxygen atoms in total. The maximum absolute atomic E-state index is 11.6. The van der Waals surface area contributed by atoms with Crippen LogP contribution < -0.4 is 11.1 Å². The van der Waals surface area contributed by atoms with Crippen molar-refractivity contribution in [2.24, 2.45) is 0 Å². The summed E-state index contributed by atoms with van der Waals surface area (Å²) in [5, 5.41) is 11.1. The summed E-state index contributed by atoms with van der Waals surface area (Å²) in [7, 11) is 0. The molecule has 1 aromatic carbocycles. The van der Waals surface area contributed by atoms with Gasteiger partial charge in [-0.25, -0.2) is 4.79 Å². The van der Waals surface area contributed by atoms with Crippen LogP contribution in [0.5, 0.6) is 0 Å². The zero-order chi connectivity index (χ0) is 14.5. The van der Waals surface area contributed by atoms with E-state index in [-0.39, 0.29) is 6.61 Å². The molecule has 0 bridgehead atoms. The molecule has 1 amide bonds. The molecule has 2 rings (SSSR count). The lowest BCUT2D eigenvalue weighted by Crippen LogP contribution is -2.20. The highest BCUT2D eigenvalue weighted by Crippen LogP contribution is 2.13. The molecule has 0 aliphatic heterocycles. The van der Waals surface area contributed by atoms with Gasteiger partial charge in [0.1, 0.15) is 5.01 Å². The monoisotopic (exact) mass is 292 g/mol. The van der Waals surface area contributed by atoms with Crippen molar-refractivity contribution in [2.75, 3.05) is 17.7 Å². The van der Waals surface area contributed by atoms with Gasteiger partial charge < -0.3 is 10.5 Å². The lowest BCUT2D eigenvalue weighted by molar-refractivity contribution is -0.119. The molecule has 8 heteroatoms. The molecule has 0 aliphatic carbocycles. The Morgan fingerprint density at radius 3 is 2.60 bits per heavy atom. The van der Waals surface area contributed by atoms with E-state index in [2.05, 4.69) is 15.5 Å². The molecule has 3 N–H and O–H groups in total. The second-order valence-corrected chi connectivity index (χ2v) is 5.05. The predicted octanol–water partition coefficient (Wildman–Crippen LogP) is 1.22. The van der Waals surface area contributed by atoms with E-state index in [4.69, 9.17) is 10.5 Å². The maximum Gasteiger partial charge on any atom is 0.338 e. The zero-order valence-electron chi connectivity index (χ0n) is 10.6. The van der Waals surface area contributed by atoms with E-state index >= 15 is 0 Å². The van der Waals surface area contributed by atoms with Crippen LogP contribution in [0.25, 0.3) is 0 Å². The van der Waals surface area contributed by atoms with Gasteiger partial charge in [0.15, 0.2) is 6.61 Å². The van der Waals surface area contributed by atoms with Crippen molar-refractivity contribution < 1.29 is 14.3 Å². The third kappa shape index (κ3) is 3.75. The molecule has 0 saturated heterocycles. The van der Waals surface area contributed by atoms with Crippen molar-refractivity contribution in [2.45, 2.75) is 6.92 Å². The van der Waals surface area contributed by atoms with Gasteiger partial charge in [0, 0.05) is 5.69 Å². The first kappa shape index (κ1) is 13.9. The molecule has 1 aromatic heterocycles. The van der Waals surface area contributed by atoms with Gasteiger partial charge in [-0.05, 0) is 31.2 Å². The first-order valence-corrected chi connectivity index (χ1v) is 6.49. The summed E-state index contributed by atoms with van der Waals surface area (Å²) in [5.74, 6) is -1.06. The Labute approximate surface area is 118 Å². The smallest absolute Gasteiger partial charge is 0.338 e. The third-order valence-electron chi connectivity index (χ3n) is 2.25. The van der Waals surface area contributed by atoms with Gasteiger partial charge in [0.2, 0.25) is 5.13 Å². The van der Waals surface area contributed by atoms with E-state index in [1.807, 2.05) is 0 Å². The fraction of sp³-hybridized carbons (Fsp3) is 0.167. The molecule has 0 spiro atoms. The number of nitrogens with two attached hydrogens (primary N) is 1. The summed E-state index contributed by atoms with van der Waals surface area (Å²) in [5.41, 5.74) is 6.39. The minimum atomic E-state index is -0.589. The maximum atomic E-state index is 11.6. The Morgan fingerprint density at radius 2 is 2.00 bits per heavy atom. The van der Waals surface area contributed by atoms with Gasteiger partial charge in [-0.2, -0.15) is 0 Å². The molecule has 1 heterocycles. The van der Waals surface area contributed by atoms with Crippen LogP contribution in [0.4, 0.5) is 10.8 Å². The van der Waals surface area contributed by atoms with E-state index < -0.39 is 11.9 Å². The van der Waals surface area contributed by atoms with Crippen molar-refractivity contribution in [3.05, 3.63) is 34.8 Å². The number of carbonyl (C=O) groups excluding carboxylic acids is 2. The van der Waals surface area contributed by atoms with Crippen LogP contribution >= 0.6 is 11.3 Å². The van der Waals surface area contributed by atoms with Gasteiger partial charge >= 0.3 is 5.97 Å². The second kappa shape index (κ2) is 6.11. The molecular weight excluding hydrogens is 280 g/mol. The minimum Gasteiger partial charge on any atom is -0.452 e. The molecular formula is C12H12N4O3S. The van der Waals surface area contributed by atoms with Crippen LogP contribution in [0.15, 0.2) is 24.3 Å². The number of carbonyl (C=O) groups is 2. The molecule has 0 fully saturated rings. The number of nitrogens with one attached hydrogen (secondary N) is 1. The number of benzene rings is 1. The van der Waals surface area contributed by atoms with Gasteiger partial charge in [0.05, 0.1) is 5.56 Å². The highest BCUT2D eigenvalue weighted by molar-refractivity contribution is 7.15. The van der Waals surface area contributed by atoms with Crippen LogP contribution in [-0.4, -0.2) is 28.7 Å². The molecule has 0 unspecified atom stereocenters. The van der Waals surface area contributed by atoms with Crippen LogP contribution in [-0.2, 0) is 9.53 Å². The van der Waals surface area contributed by atoms with E-state index in [9.17, 15) is 9.59 Å². The number of nitrogen functional groups attached to an aromatic ring is 1. The Kier molecular flexibility index (Phi) is 4.26. The number of amides is 1. The summed E-state index contributed by atoms with van der Waals surface area (Å²) >= 11 is 1.24. The lowest BCUT2D eigenvalue weighted by atomic mass is 10.2. The van der Waals surface area contributed by atoms with Gasteiger partial charge in [-0.15, -0.1) is 10.2 Å². The van der Waals surface area contributed by atoms with E-state index in [1.54, 1.807) is 19.1 Å². The average molecular weight is 292 g/mol. The third-order valence-corrected chi connectivity index (χ3v) is 3.01. The number of nitrogens with zero attached hydrogens (tertiary/aromatic N) is 2. The molecule has 20 heavy (non-hydrogen) atoms. The highest BCUT2D eigenvalue weighted by atomic mass is 32.1. The standard InChI is InChI=1S/C12H12N4O3S/c1-7-15-16-12(20-7)14-10(17)6-19-11(18)8-2-4-9(13)5-3-8/h2-5H,6,13H2,1H3,(H,14,16,17). The number of hydrogen-bond acceptors (Lipinski definition) is 7. The average Bonchev–Trinajstić information content (AvgIpc) is 2.82. The Bertz CT molecular complexity index is 624. The van der Waals surface area contributed by atoms with Crippen molar-refractivity contribution in [1.29, 1.82) is 0 Å². The highest BCUT2D eigenvalue weighted by Gasteiger charge is 2.11. The fourth-order valence-corrected chi connectivity index (χ4v) is 1.94. The largest absolute Gasteiger partial charge is 0.452 e. The van der Waals surface area contributed by atoms with Crippen molar-refractivity contribution in [1.82, 2.24) is 10.2 Å². The predicted molar refractivity (Wildman–Crippen MR) is 74.4 cm³/mol. The van der Waals surface area contributed by atoms with Gasteiger partial charge in [-0.1, -0.05) is 11.3 Å². The number of ether oxygens (including phenoxy) is 1. The Hall–Kier alpha value is -2.48. The summed E-state index contributed by atoms with van der Waals surface area (Å²) in [6, 6.07) is 6.23. The number of rotatable bonds is 4. The summed E-state index contributed by atoms with van der Waals surface area (Å²) in [4.78, 5) is 23.2. The topological polar surface area (TPSA) is 107 Å². The zero-order valence-corrected chi connectivity index (χ0v) is 11.4. The molecule has 0 aliphatic rings. The van der Waals surface area contributed by atoms with Crippen LogP contribution in [0, 0.1) is 6.92 Å². The van der Waals surface area contributed by atoms with Crippen LogP contribution in [0.2, 0.25) is 0 Å². The molecule has 104 valence electrons. The number of esters is 1. The van der Waals surface area contributed by atoms with Crippen molar-refractivity contribution in [3.63, 3.8) is 0 Å². The van der Waals surface area contributed by atoms with Crippen molar-refractivity contribution >= 4 is 34.0 Å². The van der Waals surface area contributed by atoms with Crippen molar-refractivity contribution in [3.8, 4) is 0 Å². The number of aromatic nitrogens is 2. The van der Waals surface area contributed by atoms with E-state index in [1.165, 1.54) is 23.5 Å². The summed E-state index contributed by atoms with van der Waals surface area (Å²) in [6.07, 6.45) is 0. The van der Waals surface area contributed by atoms with Gasteiger partial charge in [0.25, 0.3) is 5.91 Å². The SMILES string of the molecule is Cc1nnc(NC(=O)COC(=O)c2ccc(N)cc2)s1. The first-order valence-electron chi connectivity index (χ1n) is 5.67. The van der Waals surface area contributed by atoms with Crippen LogP contribution in [0.1, 0.15) is 15.4 Å². The second-order valence-electron chi connectivity index (χ2n) is 3.87.